The van der Waals surface area contributed by atoms with Gasteiger partial charge in [0.1, 0.15) is 0 Å². The second kappa shape index (κ2) is 7.96. The number of nitrogens with one attached hydrogen (secondary N) is 2. The molecule has 4 rings (SSSR count). The van der Waals surface area contributed by atoms with Crippen molar-refractivity contribution >= 4 is 23.2 Å². The van der Waals surface area contributed by atoms with Gasteiger partial charge in [0.2, 0.25) is 0 Å². The smallest absolute Gasteiger partial charge is 0.291 e. The fourth-order valence-corrected chi connectivity index (χ4v) is 3.24. The van der Waals surface area contributed by atoms with Crippen molar-refractivity contribution in [1.82, 2.24) is 4.90 Å². The van der Waals surface area contributed by atoms with Gasteiger partial charge in [-0.25, -0.2) is 4.98 Å². The van der Waals surface area contributed by atoms with E-state index in [1.165, 1.54) is 6.26 Å². The summed E-state index contributed by atoms with van der Waals surface area (Å²) in [5.41, 5.74) is 2.38. The molecule has 1 fully saturated rings. The summed E-state index contributed by atoms with van der Waals surface area (Å²) in [6.45, 7) is 2.95. The van der Waals surface area contributed by atoms with Crippen LogP contribution in [0.15, 0.2) is 71.6 Å². The summed E-state index contributed by atoms with van der Waals surface area (Å²) in [4.78, 5) is 31.9. The number of nitrogens with zero attached hydrogens (tertiary/aromatic N) is 2. The monoisotopic (exact) mass is 377 g/mol. The number of aromatic nitrogens is 1. The van der Waals surface area contributed by atoms with E-state index in [2.05, 4.69) is 15.2 Å². The Kier molecular flexibility index (Phi) is 5.05. The molecule has 0 saturated carbocycles. The maximum absolute atomic E-state index is 12.8. The molecule has 28 heavy (non-hydrogen) atoms. The Morgan fingerprint density at radius 3 is 2.29 bits per heavy atom. The lowest BCUT2D eigenvalue weighted by Crippen LogP contribution is -2.48. The normalized spacial score (nSPS) is 14.0. The van der Waals surface area contributed by atoms with Crippen molar-refractivity contribution in [1.29, 1.82) is 0 Å². The van der Waals surface area contributed by atoms with Crippen LogP contribution in [0.1, 0.15) is 20.9 Å². The second-order valence-electron chi connectivity index (χ2n) is 6.55. The lowest BCUT2D eigenvalue weighted by Gasteiger charge is -2.35. The van der Waals surface area contributed by atoms with Crippen molar-refractivity contribution in [2.75, 3.05) is 36.4 Å². The van der Waals surface area contributed by atoms with Crippen LogP contribution < -0.4 is 15.2 Å². The largest absolute Gasteiger partial charge is 0.459 e. The molecule has 7 heteroatoms. The molecule has 0 atom stereocenters. The number of carbonyl (C=O) groups excluding carboxylic acids is 2. The van der Waals surface area contributed by atoms with Gasteiger partial charge >= 0.3 is 0 Å². The minimum atomic E-state index is -0.321. The predicted octanol–water partition coefficient (Wildman–Crippen LogP) is 2.31. The van der Waals surface area contributed by atoms with E-state index in [1.807, 2.05) is 29.4 Å². The SMILES string of the molecule is O=C(Nc1ccc(C(=O)N2CCN(c3cc[nH+]cc3)CC2)cc1)c1ccco1. The molecule has 1 aliphatic heterocycles. The molecule has 0 radical (unpaired) electrons. The van der Waals surface area contributed by atoms with Crippen molar-refractivity contribution < 1.29 is 19.0 Å². The van der Waals surface area contributed by atoms with E-state index in [4.69, 9.17) is 4.42 Å². The standard InChI is InChI=1S/C21H20N4O3/c26-20(19-2-1-15-28-19)23-17-5-3-16(4-6-17)21(27)25-13-11-24(12-14-25)18-7-9-22-10-8-18/h1-10,15H,11-14H2,(H,23,26)/p+1. The van der Waals surface area contributed by atoms with E-state index in [0.717, 1.165) is 18.8 Å². The summed E-state index contributed by atoms with van der Waals surface area (Å²) in [6, 6.07) is 14.3. The molecular weight excluding hydrogens is 356 g/mol. The van der Waals surface area contributed by atoms with Crippen LogP contribution in [0, 0.1) is 0 Å². The number of anilines is 2. The van der Waals surface area contributed by atoms with Gasteiger partial charge in [0, 0.05) is 55.2 Å². The lowest BCUT2D eigenvalue weighted by atomic mass is 10.1. The number of carbonyl (C=O) groups is 2. The van der Waals surface area contributed by atoms with Crippen LogP contribution >= 0.6 is 0 Å². The Morgan fingerprint density at radius 2 is 1.64 bits per heavy atom. The second-order valence-corrected chi connectivity index (χ2v) is 6.55. The zero-order valence-electron chi connectivity index (χ0n) is 15.3. The van der Waals surface area contributed by atoms with Crippen LogP contribution in [-0.2, 0) is 0 Å². The highest BCUT2D eigenvalue weighted by molar-refractivity contribution is 6.02. The van der Waals surface area contributed by atoms with Crippen LogP contribution in [-0.4, -0.2) is 42.9 Å². The van der Waals surface area contributed by atoms with Crippen LogP contribution in [0.25, 0.3) is 0 Å². The Morgan fingerprint density at radius 1 is 0.929 bits per heavy atom. The lowest BCUT2D eigenvalue weighted by molar-refractivity contribution is -0.377. The molecule has 1 aliphatic rings. The molecule has 2 amide bonds. The molecule has 7 nitrogen and oxygen atoms in total. The van der Waals surface area contributed by atoms with Gasteiger partial charge in [-0.05, 0) is 36.4 Å². The van der Waals surface area contributed by atoms with Gasteiger partial charge in [-0.3, -0.25) is 9.59 Å². The summed E-state index contributed by atoms with van der Waals surface area (Å²) in [5.74, 6) is -0.0713. The highest BCUT2D eigenvalue weighted by atomic mass is 16.3. The summed E-state index contributed by atoms with van der Waals surface area (Å²) in [7, 11) is 0. The van der Waals surface area contributed by atoms with E-state index in [9.17, 15) is 9.59 Å². The van der Waals surface area contributed by atoms with Crippen LogP contribution in [0.5, 0.6) is 0 Å². The van der Waals surface area contributed by atoms with Gasteiger partial charge in [0.15, 0.2) is 18.2 Å². The molecule has 0 aliphatic carbocycles. The minimum Gasteiger partial charge on any atom is -0.459 e. The number of aromatic amines is 1. The molecule has 142 valence electrons. The maximum atomic E-state index is 12.8. The van der Waals surface area contributed by atoms with Crippen molar-refractivity contribution in [2.24, 2.45) is 0 Å². The molecule has 1 aromatic carbocycles. The number of furan rings is 1. The molecule has 3 aromatic rings. The van der Waals surface area contributed by atoms with E-state index in [0.29, 0.717) is 24.3 Å². The van der Waals surface area contributed by atoms with E-state index in [1.54, 1.807) is 36.4 Å². The third-order valence-corrected chi connectivity index (χ3v) is 4.77. The van der Waals surface area contributed by atoms with E-state index < -0.39 is 0 Å². The quantitative estimate of drug-likeness (QED) is 0.757. The summed E-state index contributed by atoms with van der Waals surface area (Å²) < 4.78 is 5.07. The summed E-state index contributed by atoms with van der Waals surface area (Å²) in [6.07, 6.45) is 5.25. The maximum Gasteiger partial charge on any atom is 0.291 e. The molecule has 0 unspecified atom stereocenters. The first-order valence-electron chi connectivity index (χ1n) is 9.16. The highest BCUT2D eigenvalue weighted by Crippen LogP contribution is 2.17. The molecule has 0 spiro atoms. The first-order valence-corrected chi connectivity index (χ1v) is 9.16. The zero-order valence-corrected chi connectivity index (χ0v) is 15.3. The highest BCUT2D eigenvalue weighted by Gasteiger charge is 2.22. The van der Waals surface area contributed by atoms with Crippen molar-refractivity contribution in [2.45, 2.75) is 0 Å². The first-order chi connectivity index (χ1) is 13.7. The van der Waals surface area contributed by atoms with Gasteiger partial charge in [0.25, 0.3) is 11.8 Å². The topological polar surface area (TPSA) is 79.9 Å². The van der Waals surface area contributed by atoms with Crippen LogP contribution in [0.3, 0.4) is 0 Å². The van der Waals surface area contributed by atoms with Gasteiger partial charge in [-0.1, -0.05) is 0 Å². The number of pyridine rings is 1. The predicted molar refractivity (Wildman–Crippen MR) is 104 cm³/mol. The van der Waals surface area contributed by atoms with Gasteiger partial charge in [-0.15, -0.1) is 0 Å². The number of benzene rings is 1. The number of rotatable bonds is 4. The van der Waals surface area contributed by atoms with Crippen LogP contribution in [0.2, 0.25) is 0 Å². The molecule has 3 heterocycles. The number of H-pyrrole nitrogens is 1. The van der Waals surface area contributed by atoms with Gasteiger partial charge < -0.3 is 19.5 Å². The first kappa shape index (κ1) is 17.8. The van der Waals surface area contributed by atoms with Gasteiger partial charge in [-0.2, -0.15) is 0 Å². The minimum absolute atomic E-state index is 0.00459. The molecule has 2 aromatic heterocycles. The van der Waals surface area contributed by atoms with Crippen molar-refractivity contribution in [3.63, 3.8) is 0 Å². The zero-order chi connectivity index (χ0) is 19.3. The average Bonchev–Trinajstić information content (AvgIpc) is 3.30. The number of hydrogen-bond acceptors (Lipinski definition) is 4. The molecular formula is C21H21N4O3+. The molecule has 1 saturated heterocycles. The summed E-state index contributed by atoms with van der Waals surface area (Å²) >= 11 is 0. The number of hydrogen-bond donors (Lipinski definition) is 1. The third kappa shape index (κ3) is 3.88. The number of piperazine rings is 1. The summed E-state index contributed by atoms with van der Waals surface area (Å²) in [5, 5.41) is 2.75. The van der Waals surface area contributed by atoms with Crippen LogP contribution in [0.4, 0.5) is 11.4 Å². The fourth-order valence-electron chi connectivity index (χ4n) is 3.24. The average molecular weight is 377 g/mol. The number of amides is 2. The molecule has 0 bridgehead atoms. The Hall–Kier alpha value is -3.61. The third-order valence-electron chi connectivity index (χ3n) is 4.77. The Labute approximate surface area is 162 Å². The van der Waals surface area contributed by atoms with Crippen molar-refractivity contribution in [3.8, 4) is 0 Å². The van der Waals surface area contributed by atoms with E-state index >= 15 is 0 Å². The van der Waals surface area contributed by atoms with Gasteiger partial charge in [0.05, 0.1) is 6.26 Å². The fraction of sp³-hybridized carbons (Fsp3) is 0.190. The Balaban J connectivity index is 1.34. The van der Waals surface area contributed by atoms with Crippen molar-refractivity contribution in [3.05, 3.63) is 78.5 Å². The van der Waals surface area contributed by atoms with E-state index in [-0.39, 0.29) is 17.6 Å². The Bertz CT molecular complexity index is 932. The molecule has 2 N–H and O–H groups in total.